The first-order chi connectivity index (χ1) is 12.3. The fourth-order valence-electron chi connectivity index (χ4n) is 2.83. The third kappa shape index (κ3) is 2.96. The second kappa shape index (κ2) is 6.53. The number of benzene rings is 2. The minimum Gasteiger partial charge on any atom is -0.434 e. The number of fused-ring (bicyclic) bond motifs is 1. The van der Waals surface area contributed by atoms with E-state index in [9.17, 15) is 22.0 Å². The monoisotopic (exact) mass is 379 g/mol. The molecule has 1 aromatic heterocycles. The number of carbonyl (C=O) groups excluding carboxylic acids is 1. The van der Waals surface area contributed by atoms with Gasteiger partial charge in [-0.1, -0.05) is 17.7 Å². The van der Waals surface area contributed by atoms with E-state index < -0.39 is 16.6 Å². The van der Waals surface area contributed by atoms with E-state index in [2.05, 4.69) is 4.74 Å². The first-order valence-corrected chi connectivity index (χ1v) is 9.06. The number of aromatic nitrogens is 1. The second-order valence-corrected chi connectivity index (χ2v) is 7.61. The summed E-state index contributed by atoms with van der Waals surface area (Å²) in [5.41, 5.74) is 1.43. The van der Waals surface area contributed by atoms with Crippen molar-refractivity contribution in [1.29, 1.82) is 0 Å². The van der Waals surface area contributed by atoms with Crippen molar-refractivity contribution in [2.75, 3.05) is 0 Å². The molecule has 3 aromatic rings. The first kappa shape index (κ1) is 18.1. The zero-order valence-corrected chi connectivity index (χ0v) is 14.8. The third-order valence-corrected chi connectivity index (χ3v) is 5.73. The van der Waals surface area contributed by atoms with Gasteiger partial charge in [0.2, 0.25) is 0 Å². The number of ether oxygens (including phenoxy) is 1. The summed E-state index contributed by atoms with van der Waals surface area (Å²) >= 11 is 0. The molecule has 0 amide bonds. The van der Waals surface area contributed by atoms with E-state index in [-0.39, 0.29) is 27.1 Å². The van der Waals surface area contributed by atoms with Crippen molar-refractivity contribution in [3.8, 4) is 5.75 Å². The molecule has 3 rings (SSSR count). The van der Waals surface area contributed by atoms with Gasteiger partial charge in [-0.3, -0.25) is 4.79 Å². The number of alkyl halides is 2. The van der Waals surface area contributed by atoms with Crippen LogP contribution in [0.15, 0.2) is 47.5 Å². The van der Waals surface area contributed by atoms with Gasteiger partial charge in [-0.2, -0.15) is 8.78 Å². The maximum atomic E-state index is 13.0. The van der Waals surface area contributed by atoms with E-state index in [1.807, 2.05) is 6.92 Å². The number of aryl methyl sites for hydroxylation is 2. The zero-order valence-electron chi connectivity index (χ0n) is 13.9. The van der Waals surface area contributed by atoms with Gasteiger partial charge in [0.1, 0.15) is 5.75 Å². The molecule has 2 aromatic carbocycles. The topological polar surface area (TPSA) is 65.4 Å². The molecule has 0 saturated heterocycles. The predicted octanol–water partition coefficient (Wildman–Crippen LogP) is 3.91. The number of carbonyl (C=O) groups is 1. The highest BCUT2D eigenvalue weighted by Crippen LogP contribution is 2.33. The summed E-state index contributed by atoms with van der Waals surface area (Å²) in [5, 5.41) is 0.228. The molecular weight excluding hydrogens is 364 g/mol. The van der Waals surface area contributed by atoms with Crippen molar-refractivity contribution in [3.05, 3.63) is 59.3 Å². The molecule has 0 bridgehead atoms. The lowest BCUT2D eigenvalue weighted by Gasteiger charge is -2.13. The van der Waals surface area contributed by atoms with E-state index in [0.29, 0.717) is 11.8 Å². The van der Waals surface area contributed by atoms with Crippen LogP contribution >= 0.6 is 0 Å². The van der Waals surface area contributed by atoms with E-state index in [1.165, 1.54) is 30.5 Å². The standard InChI is InChI=1S/C18H15F2NO4S/c1-11-3-5-13(6-4-11)26(23,24)21-8-7-14-15(10-22)16(25-18(19)20)9-12(2)17(14)21/h3-10,18H,1-2H3. The number of hydrogen-bond acceptors (Lipinski definition) is 4. The van der Waals surface area contributed by atoms with Crippen LogP contribution in [0.4, 0.5) is 8.78 Å². The van der Waals surface area contributed by atoms with Gasteiger partial charge in [0.25, 0.3) is 10.0 Å². The van der Waals surface area contributed by atoms with Gasteiger partial charge in [-0.15, -0.1) is 0 Å². The molecule has 26 heavy (non-hydrogen) atoms. The Morgan fingerprint density at radius 2 is 1.77 bits per heavy atom. The lowest BCUT2D eigenvalue weighted by atomic mass is 10.1. The van der Waals surface area contributed by atoms with Crippen molar-refractivity contribution in [1.82, 2.24) is 3.97 Å². The predicted molar refractivity (Wildman–Crippen MR) is 92.5 cm³/mol. The Balaban J connectivity index is 2.26. The van der Waals surface area contributed by atoms with E-state index in [0.717, 1.165) is 9.54 Å². The molecule has 0 fully saturated rings. The van der Waals surface area contributed by atoms with Crippen molar-refractivity contribution < 1.29 is 26.7 Å². The van der Waals surface area contributed by atoms with Crippen LogP contribution in [0.2, 0.25) is 0 Å². The molecule has 0 atom stereocenters. The summed E-state index contributed by atoms with van der Waals surface area (Å²) in [6.45, 7) is 0.312. The molecular formula is C18H15F2NO4S. The summed E-state index contributed by atoms with van der Waals surface area (Å²) in [6, 6.07) is 8.96. The summed E-state index contributed by atoms with van der Waals surface area (Å²) < 4.78 is 56.5. The van der Waals surface area contributed by atoms with Crippen LogP contribution in [0, 0.1) is 13.8 Å². The van der Waals surface area contributed by atoms with Gasteiger partial charge in [0.05, 0.1) is 16.0 Å². The summed E-state index contributed by atoms with van der Waals surface area (Å²) in [7, 11) is -3.91. The first-order valence-electron chi connectivity index (χ1n) is 7.62. The Labute approximate surface area is 148 Å². The summed E-state index contributed by atoms with van der Waals surface area (Å²) in [6.07, 6.45) is 1.67. The molecule has 8 heteroatoms. The highest BCUT2D eigenvalue weighted by atomic mass is 32.2. The number of halogens is 2. The Kier molecular flexibility index (Phi) is 4.53. The molecule has 0 aliphatic rings. The molecule has 0 aliphatic heterocycles. The van der Waals surface area contributed by atoms with Gasteiger partial charge >= 0.3 is 6.61 Å². The molecule has 136 valence electrons. The van der Waals surface area contributed by atoms with Crippen LogP contribution in [0.25, 0.3) is 10.9 Å². The minimum absolute atomic E-state index is 0.0839. The summed E-state index contributed by atoms with van der Waals surface area (Å²) in [4.78, 5) is 11.5. The highest BCUT2D eigenvalue weighted by Gasteiger charge is 2.23. The third-order valence-electron chi connectivity index (χ3n) is 4.04. The number of rotatable bonds is 5. The van der Waals surface area contributed by atoms with E-state index >= 15 is 0 Å². The van der Waals surface area contributed by atoms with Gasteiger partial charge in [-0.05, 0) is 43.7 Å². The van der Waals surface area contributed by atoms with Gasteiger partial charge in [-0.25, -0.2) is 12.4 Å². The van der Waals surface area contributed by atoms with Crippen LogP contribution in [-0.2, 0) is 10.0 Å². The van der Waals surface area contributed by atoms with Gasteiger partial charge in [0.15, 0.2) is 6.29 Å². The lowest BCUT2D eigenvalue weighted by molar-refractivity contribution is -0.0499. The van der Waals surface area contributed by atoms with Crippen LogP contribution in [0.3, 0.4) is 0 Å². The largest absolute Gasteiger partial charge is 0.434 e. The molecule has 1 heterocycles. The fourth-order valence-corrected chi connectivity index (χ4v) is 4.24. The second-order valence-electron chi connectivity index (χ2n) is 5.79. The number of hydrogen-bond donors (Lipinski definition) is 0. The molecule has 0 unspecified atom stereocenters. The Bertz CT molecular complexity index is 1090. The maximum Gasteiger partial charge on any atom is 0.387 e. The van der Waals surface area contributed by atoms with E-state index in [1.54, 1.807) is 19.1 Å². The van der Waals surface area contributed by atoms with Crippen molar-refractivity contribution in [2.24, 2.45) is 0 Å². The zero-order chi connectivity index (χ0) is 19.1. The van der Waals surface area contributed by atoms with Crippen LogP contribution in [0.1, 0.15) is 21.5 Å². The van der Waals surface area contributed by atoms with Crippen molar-refractivity contribution >= 4 is 27.2 Å². The molecule has 0 saturated carbocycles. The van der Waals surface area contributed by atoms with Crippen LogP contribution < -0.4 is 4.74 Å². The number of aldehydes is 1. The van der Waals surface area contributed by atoms with Crippen molar-refractivity contribution in [2.45, 2.75) is 25.4 Å². The summed E-state index contributed by atoms with van der Waals surface area (Å²) in [5.74, 6) is -0.287. The van der Waals surface area contributed by atoms with Gasteiger partial charge in [0, 0.05) is 11.6 Å². The average Bonchev–Trinajstić information content (AvgIpc) is 3.01. The maximum absolute atomic E-state index is 13.0. The van der Waals surface area contributed by atoms with Crippen molar-refractivity contribution in [3.63, 3.8) is 0 Å². The van der Waals surface area contributed by atoms with Crippen LogP contribution in [-0.4, -0.2) is 25.3 Å². The Hall–Kier alpha value is -2.74. The number of nitrogens with zero attached hydrogens (tertiary/aromatic N) is 1. The molecule has 0 aliphatic carbocycles. The molecule has 0 radical (unpaired) electrons. The fraction of sp³-hybridized carbons (Fsp3) is 0.167. The SMILES string of the molecule is Cc1ccc(S(=O)(=O)n2ccc3c(C=O)c(OC(F)F)cc(C)c32)cc1. The lowest BCUT2D eigenvalue weighted by Crippen LogP contribution is -2.13. The average molecular weight is 379 g/mol. The normalized spacial score (nSPS) is 11.9. The molecule has 5 nitrogen and oxygen atoms in total. The van der Waals surface area contributed by atoms with Gasteiger partial charge < -0.3 is 4.74 Å². The Morgan fingerprint density at radius 1 is 1.12 bits per heavy atom. The minimum atomic E-state index is -3.91. The van der Waals surface area contributed by atoms with E-state index in [4.69, 9.17) is 0 Å². The molecule has 0 spiro atoms. The quantitative estimate of drug-likeness (QED) is 0.631. The van der Waals surface area contributed by atoms with Crippen LogP contribution in [0.5, 0.6) is 5.75 Å². The smallest absolute Gasteiger partial charge is 0.387 e. The highest BCUT2D eigenvalue weighted by molar-refractivity contribution is 7.90. The Morgan fingerprint density at radius 3 is 2.35 bits per heavy atom. The molecule has 0 N–H and O–H groups in total.